The van der Waals surface area contributed by atoms with Gasteiger partial charge < -0.3 is 19.9 Å². The van der Waals surface area contributed by atoms with Gasteiger partial charge in [-0.2, -0.15) is 0 Å². The molecule has 3 N–H and O–H groups in total. The first kappa shape index (κ1) is 13.7. The van der Waals surface area contributed by atoms with E-state index in [9.17, 15) is 14.7 Å². The molecule has 0 fully saturated rings. The maximum Gasteiger partial charge on any atom is 0.335 e. The minimum absolute atomic E-state index is 0.0574. The van der Waals surface area contributed by atoms with Gasteiger partial charge in [-0.3, -0.25) is 4.79 Å². The van der Waals surface area contributed by atoms with Crippen molar-refractivity contribution in [3.63, 3.8) is 0 Å². The topological polar surface area (TPSA) is 99.8 Å². The predicted octanol–water partition coefficient (Wildman–Crippen LogP) is 2.50. The molecule has 0 aliphatic carbocycles. The number of carbonyl (C=O) groups excluding carboxylic acids is 1. The lowest BCUT2D eigenvalue weighted by Crippen LogP contribution is -2.13. The van der Waals surface area contributed by atoms with Crippen molar-refractivity contribution in [1.29, 1.82) is 0 Å². The number of nitrogens with one attached hydrogen (secondary N) is 1. The molecule has 2 aromatic rings. The molecule has 0 aliphatic rings. The summed E-state index contributed by atoms with van der Waals surface area (Å²) in [5.74, 6) is -1.33. The predicted molar refractivity (Wildman–Crippen MR) is 71.1 cm³/mol. The van der Waals surface area contributed by atoms with Crippen LogP contribution in [0.3, 0.4) is 0 Å². The molecule has 104 valence electrons. The fraction of sp³-hybridized carbons (Fsp3) is 0.143. The fourth-order valence-corrected chi connectivity index (χ4v) is 1.78. The van der Waals surface area contributed by atoms with E-state index in [0.29, 0.717) is 17.7 Å². The molecule has 0 saturated carbocycles. The number of hydrogen-bond acceptors (Lipinski definition) is 4. The first-order valence-corrected chi connectivity index (χ1v) is 5.97. The number of phenolic OH excluding ortho intramolecular Hbond substituents is 1. The quantitative estimate of drug-likeness (QED) is 0.744. The summed E-state index contributed by atoms with van der Waals surface area (Å²) < 4.78 is 5.15. The zero-order valence-electron chi connectivity index (χ0n) is 10.7. The Labute approximate surface area is 114 Å². The molecule has 6 heteroatoms. The summed E-state index contributed by atoms with van der Waals surface area (Å²) in [5, 5.41) is 21.0. The number of rotatable bonds is 4. The van der Waals surface area contributed by atoms with Crippen LogP contribution in [0.2, 0.25) is 0 Å². The maximum absolute atomic E-state index is 12.0. The van der Waals surface area contributed by atoms with Crippen molar-refractivity contribution in [2.75, 3.05) is 5.32 Å². The van der Waals surface area contributed by atoms with E-state index >= 15 is 0 Å². The Kier molecular flexibility index (Phi) is 3.74. The third-order valence-corrected chi connectivity index (χ3v) is 2.80. The molecular formula is C14H13NO5. The molecule has 2 rings (SSSR count). The summed E-state index contributed by atoms with van der Waals surface area (Å²) in [6.45, 7) is 1.86. The van der Waals surface area contributed by atoms with Crippen LogP contribution in [0.1, 0.15) is 33.4 Å². The molecule has 20 heavy (non-hydrogen) atoms. The number of amides is 1. The highest BCUT2D eigenvalue weighted by Crippen LogP contribution is 2.25. The summed E-state index contributed by atoms with van der Waals surface area (Å²) in [4.78, 5) is 22.8. The average Bonchev–Trinajstić information content (AvgIpc) is 2.89. The van der Waals surface area contributed by atoms with Gasteiger partial charge in [0.2, 0.25) is 0 Å². The molecule has 1 heterocycles. The van der Waals surface area contributed by atoms with E-state index in [1.54, 1.807) is 0 Å². The van der Waals surface area contributed by atoms with Gasteiger partial charge in [0.1, 0.15) is 11.5 Å². The van der Waals surface area contributed by atoms with Gasteiger partial charge in [-0.05, 0) is 24.3 Å². The maximum atomic E-state index is 12.0. The van der Waals surface area contributed by atoms with Crippen molar-refractivity contribution in [3.8, 4) is 5.75 Å². The number of phenols is 1. The Hall–Kier alpha value is -2.76. The van der Waals surface area contributed by atoms with Crippen molar-refractivity contribution >= 4 is 17.6 Å². The lowest BCUT2D eigenvalue weighted by atomic mass is 10.1. The minimum Gasteiger partial charge on any atom is -0.506 e. The SMILES string of the molecule is CCc1occc1C(=O)Nc1ccc(C(=O)O)cc1O. The monoisotopic (exact) mass is 275 g/mol. The van der Waals surface area contributed by atoms with Crippen molar-refractivity contribution in [2.24, 2.45) is 0 Å². The molecule has 0 bridgehead atoms. The van der Waals surface area contributed by atoms with Crippen LogP contribution in [-0.2, 0) is 6.42 Å². The molecule has 0 aliphatic heterocycles. The van der Waals surface area contributed by atoms with Crippen LogP contribution >= 0.6 is 0 Å². The number of benzene rings is 1. The van der Waals surface area contributed by atoms with Crippen molar-refractivity contribution < 1.29 is 24.2 Å². The Morgan fingerprint density at radius 3 is 2.65 bits per heavy atom. The van der Waals surface area contributed by atoms with E-state index in [1.165, 1.54) is 24.5 Å². The van der Waals surface area contributed by atoms with Gasteiger partial charge in [-0.25, -0.2) is 4.79 Å². The number of anilines is 1. The van der Waals surface area contributed by atoms with E-state index in [4.69, 9.17) is 9.52 Å². The molecule has 0 spiro atoms. The van der Waals surface area contributed by atoms with Gasteiger partial charge >= 0.3 is 5.97 Å². The molecule has 0 atom stereocenters. The number of aromatic hydroxyl groups is 1. The summed E-state index contributed by atoms with van der Waals surface area (Å²) >= 11 is 0. The highest BCUT2D eigenvalue weighted by molar-refractivity contribution is 6.06. The van der Waals surface area contributed by atoms with Crippen LogP contribution in [0.25, 0.3) is 0 Å². The second kappa shape index (κ2) is 5.48. The van der Waals surface area contributed by atoms with Gasteiger partial charge in [0, 0.05) is 6.42 Å². The van der Waals surface area contributed by atoms with Crippen molar-refractivity contribution in [1.82, 2.24) is 0 Å². The normalized spacial score (nSPS) is 10.2. The largest absolute Gasteiger partial charge is 0.506 e. The second-order valence-corrected chi connectivity index (χ2v) is 4.10. The standard InChI is InChI=1S/C14H13NO5/c1-2-12-9(5-6-20-12)13(17)15-10-4-3-8(14(18)19)7-11(10)16/h3-7,16H,2H2,1H3,(H,15,17)(H,18,19). The van der Waals surface area contributed by atoms with Crippen LogP contribution < -0.4 is 5.32 Å². The Bertz CT molecular complexity index is 659. The molecule has 1 amide bonds. The first-order valence-electron chi connectivity index (χ1n) is 5.97. The smallest absolute Gasteiger partial charge is 0.335 e. The Morgan fingerprint density at radius 2 is 2.05 bits per heavy atom. The molecule has 1 aromatic carbocycles. The molecule has 6 nitrogen and oxygen atoms in total. The zero-order chi connectivity index (χ0) is 14.7. The number of aromatic carboxylic acids is 1. The highest BCUT2D eigenvalue weighted by atomic mass is 16.4. The zero-order valence-corrected chi connectivity index (χ0v) is 10.7. The van der Waals surface area contributed by atoms with E-state index < -0.39 is 11.9 Å². The number of carbonyl (C=O) groups is 2. The van der Waals surface area contributed by atoms with Gasteiger partial charge in [0.25, 0.3) is 5.91 Å². The number of hydrogen-bond donors (Lipinski definition) is 3. The summed E-state index contributed by atoms with van der Waals surface area (Å²) in [5.41, 5.74) is 0.468. The van der Waals surface area contributed by atoms with E-state index in [-0.39, 0.29) is 17.0 Å². The fourth-order valence-electron chi connectivity index (χ4n) is 1.78. The molecule has 0 saturated heterocycles. The van der Waals surface area contributed by atoms with Gasteiger partial charge in [-0.1, -0.05) is 6.92 Å². The van der Waals surface area contributed by atoms with E-state index in [2.05, 4.69) is 5.32 Å². The third kappa shape index (κ3) is 2.64. The number of furan rings is 1. The Morgan fingerprint density at radius 1 is 1.30 bits per heavy atom. The molecular weight excluding hydrogens is 262 g/mol. The highest BCUT2D eigenvalue weighted by Gasteiger charge is 2.15. The number of carboxylic acids is 1. The molecule has 0 radical (unpaired) electrons. The number of aryl methyl sites for hydroxylation is 1. The van der Waals surface area contributed by atoms with Gasteiger partial charge in [0.05, 0.1) is 23.1 Å². The van der Waals surface area contributed by atoms with Crippen molar-refractivity contribution in [2.45, 2.75) is 13.3 Å². The van der Waals surface area contributed by atoms with Crippen LogP contribution in [0, 0.1) is 0 Å². The Balaban J connectivity index is 2.22. The average molecular weight is 275 g/mol. The summed E-state index contributed by atoms with van der Waals surface area (Å²) in [6, 6.07) is 5.25. The van der Waals surface area contributed by atoms with Gasteiger partial charge in [0.15, 0.2) is 0 Å². The lowest BCUT2D eigenvalue weighted by Gasteiger charge is -2.07. The van der Waals surface area contributed by atoms with Gasteiger partial charge in [-0.15, -0.1) is 0 Å². The van der Waals surface area contributed by atoms with Crippen LogP contribution in [-0.4, -0.2) is 22.1 Å². The molecule has 1 aromatic heterocycles. The number of carboxylic acid groups (broad SMARTS) is 1. The lowest BCUT2D eigenvalue weighted by molar-refractivity contribution is 0.0696. The van der Waals surface area contributed by atoms with Crippen LogP contribution in [0.5, 0.6) is 5.75 Å². The second-order valence-electron chi connectivity index (χ2n) is 4.10. The first-order chi connectivity index (χ1) is 9.52. The van der Waals surface area contributed by atoms with Crippen LogP contribution in [0.4, 0.5) is 5.69 Å². The van der Waals surface area contributed by atoms with Crippen LogP contribution in [0.15, 0.2) is 34.9 Å². The third-order valence-electron chi connectivity index (χ3n) is 2.80. The van der Waals surface area contributed by atoms with Crippen molar-refractivity contribution in [3.05, 3.63) is 47.4 Å². The van der Waals surface area contributed by atoms with E-state index in [1.807, 2.05) is 6.92 Å². The summed E-state index contributed by atoms with van der Waals surface area (Å²) in [6.07, 6.45) is 1.99. The van der Waals surface area contributed by atoms with E-state index in [0.717, 1.165) is 6.07 Å². The molecule has 0 unspecified atom stereocenters. The minimum atomic E-state index is -1.15. The summed E-state index contributed by atoms with van der Waals surface area (Å²) in [7, 11) is 0.